The Kier molecular flexibility index (Phi) is 4.22. The predicted octanol–water partition coefficient (Wildman–Crippen LogP) is 1.91. The second kappa shape index (κ2) is 5.72. The van der Waals surface area contributed by atoms with E-state index in [9.17, 15) is 9.90 Å². The van der Waals surface area contributed by atoms with Crippen molar-refractivity contribution in [3.05, 3.63) is 35.4 Å². The highest BCUT2D eigenvalue weighted by Gasteiger charge is 2.26. The molecule has 2 rings (SSSR count). The summed E-state index contributed by atoms with van der Waals surface area (Å²) in [6.45, 7) is 7.10. The van der Waals surface area contributed by atoms with E-state index >= 15 is 0 Å². The zero-order valence-electron chi connectivity index (χ0n) is 11.8. The smallest absolute Gasteiger partial charge is 0.336 e. The van der Waals surface area contributed by atoms with E-state index in [0.717, 1.165) is 18.7 Å². The van der Waals surface area contributed by atoms with Crippen LogP contribution in [-0.2, 0) is 6.54 Å². The maximum absolute atomic E-state index is 11.2. The summed E-state index contributed by atoms with van der Waals surface area (Å²) in [5.74, 6) is -0.842. The van der Waals surface area contributed by atoms with Crippen molar-refractivity contribution in [1.82, 2.24) is 9.80 Å². The van der Waals surface area contributed by atoms with Crippen molar-refractivity contribution in [3.63, 3.8) is 0 Å². The van der Waals surface area contributed by atoms with Gasteiger partial charge in [-0.15, -0.1) is 0 Å². The highest BCUT2D eigenvalue weighted by Crippen LogP contribution is 2.18. The van der Waals surface area contributed by atoms with E-state index in [4.69, 9.17) is 0 Å². The number of piperazine rings is 1. The maximum atomic E-state index is 11.2. The number of likely N-dealkylation sites (N-methyl/N-ethyl adjacent to an activating group) is 1. The highest BCUT2D eigenvalue weighted by atomic mass is 16.4. The molecule has 0 bridgehead atoms. The summed E-state index contributed by atoms with van der Waals surface area (Å²) in [6, 6.07) is 8.28. The van der Waals surface area contributed by atoms with Crippen molar-refractivity contribution >= 4 is 5.97 Å². The molecular weight excluding hydrogens is 240 g/mol. The average molecular weight is 262 g/mol. The molecule has 0 radical (unpaired) electrons. The molecule has 1 N–H and O–H groups in total. The van der Waals surface area contributed by atoms with E-state index in [-0.39, 0.29) is 0 Å². The number of benzene rings is 1. The normalized spacial score (nSPS) is 25.4. The molecule has 1 aliphatic rings. The lowest BCUT2D eigenvalue weighted by Gasteiger charge is -2.42. The van der Waals surface area contributed by atoms with Crippen LogP contribution in [0.15, 0.2) is 24.3 Å². The molecule has 0 saturated carbocycles. The van der Waals surface area contributed by atoms with Crippen molar-refractivity contribution in [2.24, 2.45) is 0 Å². The Labute approximate surface area is 114 Å². The van der Waals surface area contributed by atoms with Crippen LogP contribution in [0.1, 0.15) is 29.8 Å². The molecule has 4 nitrogen and oxygen atoms in total. The predicted molar refractivity (Wildman–Crippen MR) is 75.4 cm³/mol. The van der Waals surface area contributed by atoms with Crippen LogP contribution in [0.25, 0.3) is 0 Å². The summed E-state index contributed by atoms with van der Waals surface area (Å²) < 4.78 is 0. The molecule has 104 valence electrons. The number of aromatic carboxylic acids is 1. The van der Waals surface area contributed by atoms with E-state index in [1.165, 1.54) is 0 Å². The number of nitrogens with zero attached hydrogens (tertiary/aromatic N) is 2. The third-order valence-electron chi connectivity index (χ3n) is 4.08. The van der Waals surface area contributed by atoms with Gasteiger partial charge < -0.3 is 5.11 Å². The van der Waals surface area contributed by atoms with E-state index in [1.807, 2.05) is 12.1 Å². The fourth-order valence-electron chi connectivity index (χ4n) is 2.75. The largest absolute Gasteiger partial charge is 0.478 e. The van der Waals surface area contributed by atoms with Crippen LogP contribution < -0.4 is 0 Å². The van der Waals surface area contributed by atoms with Crippen molar-refractivity contribution in [2.45, 2.75) is 32.5 Å². The average Bonchev–Trinajstić information content (AvgIpc) is 2.36. The van der Waals surface area contributed by atoms with Crippen LogP contribution in [0.5, 0.6) is 0 Å². The van der Waals surface area contributed by atoms with Gasteiger partial charge in [0.1, 0.15) is 0 Å². The number of carboxylic acid groups (broad SMARTS) is 1. The molecule has 1 aliphatic heterocycles. The first kappa shape index (κ1) is 14.0. The van der Waals surface area contributed by atoms with E-state index in [0.29, 0.717) is 24.2 Å². The fourth-order valence-corrected chi connectivity index (χ4v) is 2.75. The van der Waals surface area contributed by atoms with Crippen LogP contribution in [-0.4, -0.2) is 53.1 Å². The van der Waals surface area contributed by atoms with Crippen molar-refractivity contribution in [1.29, 1.82) is 0 Å². The summed E-state index contributed by atoms with van der Waals surface area (Å²) in [6.07, 6.45) is 0. The highest BCUT2D eigenvalue weighted by molar-refractivity contribution is 5.89. The van der Waals surface area contributed by atoms with Gasteiger partial charge in [-0.1, -0.05) is 18.2 Å². The molecule has 0 amide bonds. The first-order valence-electron chi connectivity index (χ1n) is 6.74. The van der Waals surface area contributed by atoms with Gasteiger partial charge in [0.2, 0.25) is 0 Å². The number of rotatable bonds is 3. The quantitative estimate of drug-likeness (QED) is 0.903. The minimum atomic E-state index is -0.842. The zero-order valence-corrected chi connectivity index (χ0v) is 11.8. The molecule has 1 aromatic carbocycles. The van der Waals surface area contributed by atoms with Gasteiger partial charge in [-0.05, 0) is 32.5 Å². The van der Waals surface area contributed by atoms with Crippen molar-refractivity contribution < 1.29 is 9.90 Å². The van der Waals surface area contributed by atoms with Gasteiger partial charge in [0.25, 0.3) is 0 Å². The number of carbonyl (C=O) groups is 1. The first-order valence-corrected chi connectivity index (χ1v) is 6.74. The van der Waals surface area contributed by atoms with Gasteiger partial charge in [-0.2, -0.15) is 0 Å². The molecule has 19 heavy (non-hydrogen) atoms. The molecule has 1 aromatic rings. The molecule has 1 saturated heterocycles. The van der Waals surface area contributed by atoms with Crippen LogP contribution in [0.4, 0.5) is 0 Å². The first-order chi connectivity index (χ1) is 8.99. The molecule has 0 aromatic heterocycles. The van der Waals surface area contributed by atoms with Crippen LogP contribution >= 0.6 is 0 Å². The van der Waals surface area contributed by atoms with E-state index < -0.39 is 5.97 Å². The third kappa shape index (κ3) is 3.14. The Morgan fingerprint density at radius 2 is 1.84 bits per heavy atom. The van der Waals surface area contributed by atoms with Crippen molar-refractivity contribution in [3.8, 4) is 0 Å². The van der Waals surface area contributed by atoms with Gasteiger partial charge in [0.15, 0.2) is 0 Å². The standard InChI is InChI=1S/C15H22N2O2/c1-11-8-17(9-12(2)16(11)3)10-13-6-4-5-7-14(13)15(18)19/h4-7,11-12H,8-10H2,1-3H3,(H,18,19). The second-order valence-corrected chi connectivity index (χ2v) is 5.52. The van der Waals surface area contributed by atoms with Gasteiger partial charge in [0, 0.05) is 31.7 Å². The molecule has 1 fully saturated rings. The van der Waals surface area contributed by atoms with Crippen molar-refractivity contribution in [2.75, 3.05) is 20.1 Å². The van der Waals surface area contributed by atoms with Crippen LogP contribution in [0.3, 0.4) is 0 Å². The Bertz CT molecular complexity index is 449. The van der Waals surface area contributed by atoms with Gasteiger partial charge in [-0.3, -0.25) is 9.80 Å². The van der Waals surface area contributed by atoms with Crippen LogP contribution in [0.2, 0.25) is 0 Å². The molecule has 0 spiro atoms. The maximum Gasteiger partial charge on any atom is 0.336 e. The van der Waals surface area contributed by atoms with E-state index in [1.54, 1.807) is 12.1 Å². The second-order valence-electron chi connectivity index (χ2n) is 5.52. The third-order valence-corrected chi connectivity index (χ3v) is 4.08. The molecule has 0 aliphatic carbocycles. The van der Waals surface area contributed by atoms with Gasteiger partial charge in [-0.25, -0.2) is 4.79 Å². The Hall–Kier alpha value is -1.39. The minimum Gasteiger partial charge on any atom is -0.478 e. The summed E-state index contributed by atoms with van der Waals surface area (Å²) in [5, 5.41) is 9.21. The Morgan fingerprint density at radius 1 is 1.26 bits per heavy atom. The monoisotopic (exact) mass is 262 g/mol. The van der Waals surface area contributed by atoms with Gasteiger partial charge in [0.05, 0.1) is 5.56 Å². The summed E-state index contributed by atoms with van der Waals surface area (Å²) in [4.78, 5) is 15.9. The molecule has 4 heteroatoms. The number of carboxylic acids is 1. The number of hydrogen-bond donors (Lipinski definition) is 1. The lowest BCUT2D eigenvalue weighted by Crippen LogP contribution is -2.54. The summed E-state index contributed by atoms with van der Waals surface area (Å²) in [7, 11) is 2.15. The SMILES string of the molecule is CC1CN(Cc2ccccc2C(=O)O)CC(C)N1C. The minimum absolute atomic E-state index is 0.418. The van der Waals surface area contributed by atoms with Crippen LogP contribution in [0, 0.1) is 0 Å². The molecule has 1 heterocycles. The molecule has 2 unspecified atom stereocenters. The molecular formula is C15H22N2O2. The number of hydrogen-bond acceptors (Lipinski definition) is 3. The molecule has 2 atom stereocenters. The zero-order chi connectivity index (χ0) is 14.0. The topological polar surface area (TPSA) is 43.8 Å². The summed E-state index contributed by atoms with van der Waals surface area (Å²) in [5.41, 5.74) is 1.32. The lowest BCUT2D eigenvalue weighted by molar-refractivity contribution is 0.0548. The fraction of sp³-hybridized carbons (Fsp3) is 0.533. The lowest BCUT2D eigenvalue weighted by atomic mass is 10.0. The summed E-state index contributed by atoms with van der Waals surface area (Å²) >= 11 is 0. The van der Waals surface area contributed by atoms with E-state index in [2.05, 4.69) is 30.7 Å². The Balaban J connectivity index is 2.12. The van der Waals surface area contributed by atoms with Gasteiger partial charge >= 0.3 is 5.97 Å². The Morgan fingerprint density at radius 3 is 2.42 bits per heavy atom.